The minimum atomic E-state index is -1.03. The number of nitrogen functional groups attached to an aromatic ring is 1. The Hall–Kier alpha value is -2.24. The van der Waals surface area contributed by atoms with Crippen LogP contribution in [0.25, 0.3) is 0 Å². The van der Waals surface area contributed by atoms with Crippen molar-refractivity contribution in [3.05, 3.63) is 23.8 Å². The lowest BCUT2D eigenvalue weighted by molar-refractivity contribution is -0.120. The molecule has 0 aromatic heterocycles. The molecule has 1 aromatic carbocycles. The first-order chi connectivity index (χ1) is 8.81. The number of hydrogen-bond acceptors (Lipinski definition) is 4. The molecule has 0 bridgehead atoms. The molecule has 6 heteroatoms. The van der Waals surface area contributed by atoms with Gasteiger partial charge in [0.15, 0.2) is 0 Å². The molecule has 0 aliphatic heterocycles. The van der Waals surface area contributed by atoms with Crippen LogP contribution in [0.2, 0.25) is 0 Å². The summed E-state index contributed by atoms with van der Waals surface area (Å²) in [5.74, 6) is -1.14. The maximum absolute atomic E-state index is 11.6. The van der Waals surface area contributed by atoms with Crippen LogP contribution >= 0.6 is 0 Å². The Morgan fingerprint density at radius 1 is 1.42 bits per heavy atom. The van der Waals surface area contributed by atoms with Crippen molar-refractivity contribution >= 4 is 23.3 Å². The normalized spacial score (nSPS) is 10.3. The minimum Gasteiger partial charge on any atom is -0.478 e. The summed E-state index contributed by atoms with van der Waals surface area (Å²) in [5, 5.41) is 11.6. The fraction of sp³-hybridized carbons (Fsp3) is 0.385. The average molecular weight is 265 g/mol. The van der Waals surface area contributed by atoms with Crippen molar-refractivity contribution in [2.24, 2.45) is 0 Å². The fourth-order valence-corrected chi connectivity index (χ4v) is 1.70. The number of carbonyl (C=O) groups excluding carboxylic acids is 1. The van der Waals surface area contributed by atoms with Crippen molar-refractivity contribution < 1.29 is 14.7 Å². The zero-order valence-corrected chi connectivity index (χ0v) is 11.3. The van der Waals surface area contributed by atoms with E-state index in [2.05, 4.69) is 5.32 Å². The second-order valence-electron chi connectivity index (χ2n) is 4.66. The molecule has 19 heavy (non-hydrogen) atoms. The van der Waals surface area contributed by atoms with E-state index in [1.807, 2.05) is 13.8 Å². The molecule has 6 nitrogen and oxygen atoms in total. The number of anilines is 2. The van der Waals surface area contributed by atoms with Gasteiger partial charge in [-0.15, -0.1) is 0 Å². The standard InChI is InChI=1S/C13H19N3O3/c1-8(2)15-12(17)7-16(3)11-5-4-9(13(18)19)6-10(11)14/h4-6,8H,7,14H2,1-3H3,(H,15,17)(H,18,19). The van der Waals surface area contributed by atoms with Crippen LogP contribution in [0.1, 0.15) is 24.2 Å². The predicted octanol–water partition coefficient (Wildman–Crippen LogP) is 0.928. The molecule has 1 amide bonds. The van der Waals surface area contributed by atoms with Gasteiger partial charge in [0.05, 0.1) is 23.5 Å². The molecule has 0 aliphatic carbocycles. The Morgan fingerprint density at radius 2 is 2.05 bits per heavy atom. The first-order valence-electron chi connectivity index (χ1n) is 5.94. The summed E-state index contributed by atoms with van der Waals surface area (Å²) in [6.07, 6.45) is 0. The van der Waals surface area contributed by atoms with Crippen molar-refractivity contribution in [2.75, 3.05) is 24.2 Å². The van der Waals surface area contributed by atoms with Crippen LogP contribution in [-0.2, 0) is 4.79 Å². The predicted molar refractivity (Wildman–Crippen MR) is 74.4 cm³/mol. The number of amides is 1. The van der Waals surface area contributed by atoms with Gasteiger partial charge in [-0.05, 0) is 32.0 Å². The lowest BCUT2D eigenvalue weighted by Crippen LogP contribution is -2.38. The highest BCUT2D eigenvalue weighted by Crippen LogP contribution is 2.23. The summed E-state index contributed by atoms with van der Waals surface area (Å²) >= 11 is 0. The SMILES string of the molecule is CC(C)NC(=O)CN(C)c1ccc(C(=O)O)cc1N. The molecule has 0 radical (unpaired) electrons. The molecule has 0 aliphatic rings. The number of carbonyl (C=O) groups is 2. The van der Waals surface area contributed by atoms with Gasteiger partial charge in [0.1, 0.15) is 0 Å². The number of aromatic carboxylic acids is 1. The molecular weight excluding hydrogens is 246 g/mol. The highest BCUT2D eigenvalue weighted by Gasteiger charge is 2.12. The van der Waals surface area contributed by atoms with E-state index in [1.54, 1.807) is 18.0 Å². The third kappa shape index (κ3) is 4.17. The lowest BCUT2D eigenvalue weighted by Gasteiger charge is -2.21. The van der Waals surface area contributed by atoms with Crippen molar-refractivity contribution in [3.8, 4) is 0 Å². The van der Waals surface area contributed by atoms with Gasteiger partial charge in [-0.3, -0.25) is 4.79 Å². The van der Waals surface area contributed by atoms with Crippen molar-refractivity contribution in [3.63, 3.8) is 0 Å². The number of nitrogens with one attached hydrogen (secondary N) is 1. The van der Waals surface area contributed by atoms with Gasteiger partial charge in [-0.1, -0.05) is 0 Å². The summed E-state index contributed by atoms with van der Waals surface area (Å²) < 4.78 is 0. The highest BCUT2D eigenvalue weighted by atomic mass is 16.4. The summed E-state index contributed by atoms with van der Waals surface area (Å²) in [6, 6.07) is 4.52. The summed E-state index contributed by atoms with van der Waals surface area (Å²) in [7, 11) is 1.73. The fourth-order valence-electron chi connectivity index (χ4n) is 1.70. The molecule has 104 valence electrons. The molecule has 0 atom stereocenters. The zero-order chi connectivity index (χ0) is 14.6. The molecule has 0 saturated carbocycles. The smallest absolute Gasteiger partial charge is 0.335 e. The summed E-state index contributed by atoms with van der Waals surface area (Å²) in [4.78, 5) is 24.1. The van der Waals surface area contributed by atoms with Crippen LogP contribution in [-0.4, -0.2) is 36.6 Å². The zero-order valence-electron chi connectivity index (χ0n) is 11.3. The van der Waals surface area contributed by atoms with Crippen LogP contribution in [0.5, 0.6) is 0 Å². The van der Waals surface area contributed by atoms with E-state index >= 15 is 0 Å². The number of likely N-dealkylation sites (N-methyl/N-ethyl adjacent to an activating group) is 1. The average Bonchev–Trinajstić information content (AvgIpc) is 2.26. The second-order valence-corrected chi connectivity index (χ2v) is 4.66. The van der Waals surface area contributed by atoms with E-state index in [4.69, 9.17) is 10.8 Å². The van der Waals surface area contributed by atoms with Gasteiger partial charge in [-0.25, -0.2) is 4.79 Å². The van der Waals surface area contributed by atoms with Gasteiger partial charge in [-0.2, -0.15) is 0 Å². The van der Waals surface area contributed by atoms with Gasteiger partial charge >= 0.3 is 5.97 Å². The number of hydrogen-bond donors (Lipinski definition) is 3. The van der Waals surface area contributed by atoms with Crippen molar-refractivity contribution in [1.29, 1.82) is 0 Å². The molecule has 0 fully saturated rings. The minimum absolute atomic E-state index is 0.0765. The Morgan fingerprint density at radius 3 is 2.53 bits per heavy atom. The number of carboxylic acid groups (broad SMARTS) is 1. The van der Waals surface area contributed by atoms with Crippen LogP contribution in [0.4, 0.5) is 11.4 Å². The molecule has 1 rings (SSSR count). The molecule has 0 heterocycles. The van der Waals surface area contributed by atoms with Crippen LogP contribution in [0.3, 0.4) is 0 Å². The van der Waals surface area contributed by atoms with Gasteiger partial charge < -0.3 is 21.1 Å². The molecule has 4 N–H and O–H groups in total. The quantitative estimate of drug-likeness (QED) is 0.688. The molecule has 1 aromatic rings. The number of carboxylic acids is 1. The van der Waals surface area contributed by atoms with Crippen LogP contribution in [0.15, 0.2) is 18.2 Å². The molecule has 0 saturated heterocycles. The van der Waals surface area contributed by atoms with Crippen LogP contribution < -0.4 is 16.0 Å². The summed E-state index contributed by atoms with van der Waals surface area (Å²) in [6.45, 7) is 3.93. The number of rotatable bonds is 5. The highest BCUT2D eigenvalue weighted by molar-refractivity contribution is 5.91. The monoisotopic (exact) mass is 265 g/mol. The first kappa shape index (κ1) is 14.8. The number of nitrogens with two attached hydrogens (primary N) is 1. The van der Waals surface area contributed by atoms with Crippen molar-refractivity contribution in [2.45, 2.75) is 19.9 Å². The maximum atomic E-state index is 11.6. The number of benzene rings is 1. The van der Waals surface area contributed by atoms with E-state index in [1.165, 1.54) is 12.1 Å². The number of nitrogens with zero attached hydrogens (tertiary/aromatic N) is 1. The Kier molecular flexibility index (Phi) is 4.74. The Labute approximate surface area is 112 Å². The van der Waals surface area contributed by atoms with E-state index in [9.17, 15) is 9.59 Å². The Balaban J connectivity index is 2.80. The molecule has 0 unspecified atom stereocenters. The Bertz CT molecular complexity index is 486. The lowest BCUT2D eigenvalue weighted by atomic mass is 10.1. The topological polar surface area (TPSA) is 95.7 Å². The van der Waals surface area contributed by atoms with E-state index in [0.717, 1.165) is 0 Å². The second kappa shape index (κ2) is 6.08. The van der Waals surface area contributed by atoms with E-state index < -0.39 is 5.97 Å². The van der Waals surface area contributed by atoms with Crippen LogP contribution in [0, 0.1) is 0 Å². The third-order valence-electron chi connectivity index (χ3n) is 2.52. The molecule has 0 spiro atoms. The van der Waals surface area contributed by atoms with E-state index in [-0.39, 0.29) is 24.1 Å². The van der Waals surface area contributed by atoms with Gasteiger partial charge in [0, 0.05) is 13.1 Å². The van der Waals surface area contributed by atoms with E-state index in [0.29, 0.717) is 11.4 Å². The first-order valence-corrected chi connectivity index (χ1v) is 5.94. The van der Waals surface area contributed by atoms with Gasteiger partial charge in [0.25, 0.3) is 0 Å². The largest absolute Gasteiger partial charge is 0.478 e. The summed E-state index contributed by atoms with van der Waals surface area (Å²) in [5.41, 5.74) is 6.89. The molecular formula is C13H19N3O3. The maximum Gasteiger partial charge on any atom is 0.335 e. The van der Waals surface area contributed by atoms with Gasteiger partial charge in [0.2, 0.25) is 5.91 Å². The van der Waals surface area contributed by atoms with Crippen molar-refractivity contribution in [1.82, 2.24) is 5.32 Å². The third-order valence-corrected chi connectivity index (χ3v) is 2.52.